The summed E-state index contributed by atoms with van der Waals surface area (Å²) in [6, 6.07) is 2.61. The Kier molecular flexibility index (Phi) is 3.10. The fourth-order valence-corrected chi connectivity index (χ4v) is 2.40. The molecule has 1 aliphatic carbocycles. The van der Waals surface area contributed by atoms with Crippen LogP contribution in [0, 0.1) is 6.92 Å². The van der Waals surface area contributed by atoms with Gasteiger partial charge in [0.1, 0.15) is 5.82 Å². The molecule has 0 atom stereocenters. The Morgan fingerprint density at radius 3 is 2.60 bits per heavy atom. The van der Waals surface area contributed by atoms with Gasteiger partial charge in [0.05, 0.1) is 0 Å². The third-order valence-corrected chi connectivity index (χ3v) is 3.22. The summed E-state index contributed by atoms with van der Waals surface area (Å²) in [5.41, 5.74) is 0.926. The molecule has 3 nitrogen and oxygen atoms in total. The number of anilines is 1. The van der Waals surface area contributed by atoms with Crippen LogP contribution >= 0.6 is 11.6 Å². The van der Waals surface area contributed by atoms with Crippen LogP contribution < -0.4 is 4.90 Å². The second-order valence-corrected chi connectivity index (χ2v) is 4.52. The lowest BCUT2D eigenvalue weighted by atomic mass is 10.2. The van der Waals surface area contributed by atoms with Gasteiger partial charge >= 0.3 is 0 Å². The van der Waals surface area contributed by atoms with Crippen molar-refractivity contribution in [3.8, 4) is 0 Å². The fraction of sp³-hybridized carbons (Fsp3) is 0.636. The number of nitrogens with zero attached hydrogens (tertiary/aromatic N) is 3. The van der Waals surface area contributed by atoms with E-state index in [2.05, 4.69) is 21.9 Å². The summed E-state index contributed by atoms with van der Waals surface area (Å²) in [5.74, 6) is 0.944. The highest BCUT2D eigenvalue weighted by molar-refractivity contribution is 6.28. The lowest BCUT2D eigenvalue weighted by molar-refractivity contribution is 0.645. The molecule has 4 heteroatoms. The highest BCUT2D eigenvalue weighted by Gasteiger charge is 2.20. The first kappa shape index (κ1) is 10.7. The van der Waals surface area contributed by atoms with Crippen LogP contribution in [0.3, 0.4) is 0 Å². The van der Waals surface area contributed by atoms with Crippen LogP contribution in [0.25, 0.3) is 0 Å². The summed E-state index contributed by atoms with van der Waals surface area (Å²) in [5, 5.41) is 0.342. The SMILES string of the molecule is Cc1cc(N(C)C2CCCC2)nc(Cl)n1. The van der Waals surface area contributed by atoms with Gasteiger partial charge in [0, 0.05) is 24.8 Å². The molecule has 0 bridgehead atoms. The zero-order chi connectivity index (χ0) is 10.8. The highest BCUT2D eigenvalue weighted by Crippen LogP contribution is 2.26. The van der Waals surface area contributed by atoms with Crippen molar-refractivity contribution in [2.45, 2.75) is 38.6 Å². The summed E-state index contributed by atoms with van der Waals surface area (Å²) in [6.45, 7) is 1.94. The molecule has 0 amide bonds. The molecule has 0 unspecified atom stereocenters. The molecule has 2 rings (SSSR count). The summed E-state index contributed by atoms with van der Waals surface area (Å²) >= 11 is 5.85. The molecule has 1 fully saturated rings. The number of hydrogen-bond donors (Lipinski definition) is 0. The minimum atomic E-state index is 0.342. The van der Waals surface area contributed by atoms with Crippen molar-refractivity contribution in [2.24, 2.45) is 0 Å². The smallest absolute Gasteiger partial charge is 0.224 e. The van der Waals surface area contributed by atoms with Gasteiger partial charge in [-0.05, 0) is 31.4 Å². The Hall–Kier alpha value is -0.830. The van der Waals surface area contributed by atoms with Gasteiger partial charge in [-0.1, -0.05) is 12.8 Å². The first-order valence-corrected chi connectivity index (χ1v) is 5.78. The molecule has 0 saturated heterocycles. The van der Waals surface area contributed by atoms with Crippen LogP contribution in [0.4, 0.5) is 5.82 Å². The lowest BCUT2D eigenvalue weighted by Crippen LogP contribution is -2.29. The van der Waals surface area contributed by atoms with Gasteiger partial charge in [-0.2, -0.15) is 0 Å². The molecule has 1 aromatic heterocycles. The van der Waals surface area contributed by atoms with Gasteiger partial charge < -0.3 is 4.90 Å². The van der Waals surface area contributed by atoms with Gasteiger partial charge in [-0.25, -0.2) is 9.97 Å². The van der Waals surface area contributed by atoms with Gasteiger partial charge in [-0.3, -0.25) is 0 Å². The maximum absolute atomic E-state index is 5.85. The molecule has 1 aromatic rings. The van der Waals surface area contributed by atoms with Crippen molar-refractivity contribution in [3.63, 3.8) is 0 Å². The number of hydrogen-bond acceptors (Lipinski definition) is 3. The van der Waals surface area contributed by atoms with Crippen molar-refractivity contribution in [2.75, 3.05) is 11.9 Å². The third kappa shape index (κ3) is 2.40. The molecule has 1 heterocycles. The minimum absolute atomic E-state index is 0.342. The number of aromatic nitrogens is 2. The molecule has 0 spiro atoms. The predicted molar refractivity (Wildman–Crippen MR) is 62.4 cm³/mol. The second kappa shape index (κ2) is 4.35. The lowest BCUT2D eigenvalue weighted by Gasteiger charge is -2.25. The second-order valence-electron chi connectivity index (χ2n) is 4.19. The van der Waals surface area contributed by atoms with Gasteiger partial charge in [-0.15, -0.1) is 0 Å². The Labute approximate surface area is 95.5 Å². The molecule has 1 aliphatic rings. The first-order chi connectivity index (χ1) is 7.16. The van der Waals surface area contributed by atoms with E-state index in [1.165, 1.54) is 25.7 Å². The first-order valence-electron chi connectivity index (χ1n) is 5.41. The van der Waals surface area contributed by atoms with E-state index in [0.29, 0.717) is 11.3 Å². The third-order valence-electron chi connectivity index (χ3n) is 3.05. The molecular weight excluding hydrogens is 210 g/mol. The minimum Gasteiger partial charge on any atom is -0.357 e. The monoisotopic (exact) mass is 225 g/mol. The maximum atomic E-state index is 5.85. The molecule has 1 saturated carbocycles. The van der Waals surface area contributed by atoms with E-state index in [0.717, 1.165) is 11.5 Å². The van der Waals surface area contributed by atoms with E-state index < -0.39 is 0 Å². The molecule has 0 aliphatic heterocycles. The highest BCUT2D eigenvalue weighted by atomic mass is 35.5. The van der Waals surface area contributed by atoms with Gasteiger partial charge in [0.15, 0.2) is 0 Å². The fourth-order valence-electron chi connectivity index (χ4n) is 2.18. The van der Waals surface area contributed by atoms with Crippen molar-refractivity contribution >= 4 is 17.4 Å². The van der Waals surface area contributed by atoms with Crippen LogP contribution in [0.5, 0.6) is 0 Å². The maximum Gasteiger partial charge on any atom is 0.224 e. The summed E-state index contributed by atoms with van der Waals surface area (Å²) in [6.07, 6.45) is 5.17. The average Bonchev–Trinajstić information content (AvgIpc) is 2.67. The van der Waals surface area contributed by atoms with E-state index in [9.17, 15) is 0 Å². The van der Waals surface area contributed by atoms with Gasteiger partial charge in [0.2, 0.25) is 5.28 Å². The van der Waals surface area contributed by atoms with Crippen LogP contribution in [0.15, 0.2) is 6.07 Å². The Bertz CT molecular complexity index is 327. The summed E-state index contributed by atoms with van der Waals surface area (Å²) in [4.78, 5) is 10.6. The van der Waals surface area contributed by atoms with Crippen molar-refractivity contribution in [3.05, 3.63) is 17.0 Å². The summed E-state index contributed by atoms with van der Waals surface area (Å²) < 4.78 is 0. The molecule has 0 N–H and O–H groups in total. The van der Waals surface area contributed by atoms with E-state index >= 15 is 0 Å². The van der Waals surface area contributed by atoms with Crippen LogP contribution in [-0.2, 0) is 0 Å². The van der Waals surface area contributed by atoms with E-state index in [1.807, 2.05) is 13.0 Å². The van der Waals surface area contributed by atoms with Crippen molar-refractivity contribution < 1.29 is 0 Å². The number of aryl methyl sites for hydroxylation is 1. The van der Waals surface area contributed by atoms with Crippen LogP contribution in [-0.4, -0.2) is 23.1 Å². The molecule has 82 valence electrons. The Morgan fingerprint density at radius 1 is 1.33 bits per heavy atom. The zero-order valence-electron chi connectivity index (χ0n) is 9.20. The molecule has 15 heavy (non-hydrogen) atoms. The largest absolute Gasteiger partial charge is 0.357 e. The predicted octanol–water partition coefficient (Wildman–Crippen LogP) is 2.82. The molecule has 0 radical (unpaired) electrons. The number of halogens is 1. The topological polar surface area (TPSA) is 29.0 Å². The van der Waals surface area contributed by atoms with Crippen molar-refractivity contribution in [1.29, 1.82) is 0 Å². The van der Waals surface area contributed by atoms with E-state index in [1.54, 1.807) is 0 Å². The average molecular weight is 226 g/mol. The standard InChI is InChI=1S/C11H16ClN3/c1-8-7-10(14-11(12)13-8)15(2)9-5-3-4-6-9/h7,9H,3-6H2,1-2H3. The van der Waals surface area contributed by atoms with Gasteiger partial charge in [0.25, 0.3) is 0 Å². The Morgan fingerprint density at radius 2 is 2.00 bits per heavy atom. The zero-order valence-corrected chi connectivity index (χ0v) is 9.96. The van der Waals surface area contributed by atoms with Crippen LogP contribution in [0.2, 0.25) is 5.28 Å². The quantitative estimate of drug-likeness (QED) is 0.725. The summed E-state index contributed by atoms with van der Waals surface area (Å²) in [7, 11) is 2.09. The van der Waals surface area contributed by atoms with E-state index in [4.69, 9.17) is 11.6 Å². The van der Waals surface area contributed by atoms with Crippen LogP contribution in [0.1, 0.15) is 31.4 Å². The Balaban J connectivity index is 2.20. The molecule has 0 aromatic carbocycles. The normalized spacial score (nSPS) is 17.0. The number of rotatable bonds is 2. The van der Waals surface area contributed by atoms with Crippen molar-refractivity contribution in [1.82, 2.24) is 9.97 Å². The van der Waals surface area contributed by atoms with E-state index in [-0.39, 0.29) is 0 Å². The molecular formula is C11H16ClN3.